The molecule has 0 aromatic carbocycles. The summed E-state index contributed by atoms with van der Waals surface area (Å²) in [6.45, 7) is 5.31. The first-order valence-electron chi connectivity index (χ1n) is 6.59. The third-order valence-corrected chi connectivity index (χ3v) is 3.66. The van der Waals surface area contributed by atoms with Crippen LogP contribution in [-0.4, -0.2) is 29.0 Å². The van der Waals surface area contributed by atoms with E-state index in [9.17, 15) is 4.79 Å². The van der Waals surface area contributed by atoms with Crippen molar-refractivity contribution in [2.24, 2.45) is 0 Å². The van der Waals surface area contributed by atoms with Crippen molar-refractivity contribution in [3.8, 4) is 0 Å². The summed E-state index contributed by atoms with van der Waals surface area (Å²) in [5.74, 6) is 0.564. The number of carbonyl (C=O) groups is 1. The quantitative estimate of drug-likeness (QED) is 0.856. The van der Waals surface area contributed by atoms with E-state index in [1.54, 1.807) is 17.4 Å². The largest absolute Gasteiger partial charge is 0.370 e. The van der Waals surface area contributed by atoms with Gasteiger partial charge in [0.25, 0.3) is 5.91 Å². The minimum atomic E-state index is -0.155. The van der Waals surface area contributed by atoms with Crippen LogP contribution in [0.1, 0.15) is 28.1 Å². The van der Waals surface area contributed by atoms with Gasteiger partial charge in [0.1, 0.15) is 11.5 Å². The number of aromatic nitrogens is 2. The molecule has 2 aromatic rings. The Hall–Kier alpha value is -1.95. The topological polar surface area (TPSA) is 66.9 Å². The second-order valence-corrected chi connectivity index (χ2v) is 5.27. The molecular formula is C14H18N4OS. The Bertz CT molecular complexity index is 582. The maximum Gasteiger partial charge on any atom is 0.269 e. The van der Waals surface area contributed by atoms with Crippen LogP contribution < -0.4 is 10.6 Å². The standard InChI is InChI=1S/C14H18N4OS/c1-3-15-12-6-4-5-11(18-12)14(19)16-8-7-13-17-10(2)9-20-13/h4-6,9H,3,7-8H2,1-2H3,(H,15,18)(H,16,19). The number of nitrogens with zero attached hydrogens (tertiary/aromatic N) is 2. The first-order chi connectivity index (χ1) is 9.69. The number of thiazole rings is 1. The third kappa shape index (κ3) is 4.03. The summed E-state index contributed by atoms with van der Waals surface area (Å²) in [5, 5.41) is 9.00. The summed E-state index contributed by atoms with van der Waals surface area (Å²) in [6.07, 6.45) is 0.747. The van der Waals surface area contributed by atoms with E-state index in [2.05, 4.69) is 20.6 Å². The fourth-order valence-electron chi connectivity index (χ4n) is 1.73. The second-order valence-electron chi connectivity index (χ2n) is 4.33. The Morgan fingerprint density at radius 1 is 1.35 bits per heavy atom. The van der Waals surface area contributed by atoms with Gasteiger partial charge in [-0.3, -0.25) is 4.79 Å². The van der Waals surface area contributed by atoms with Crippen molar-refractivity contribution in [1.29, 1.82) is 0 Å². The molecule has 2 heterocycles. The highest BCUT2D eigenvalue weighted by molar-refractivity contribution is 7.09. The fourth-order valence-corrected chi connectivity index (χ4v) is 2.51. The van der Waals surface area contributed by atoms with Gasteiger partial charge in [-0.05, 0) is 26.0 Å². The van der Waals surface area contributed by atoms with Gasteiger partial charge in [-0.1, -0.05) is 6.07 Å². The van der Waals surface area contributed by atoms with Crippen LogP contribution in [0.4, 0.5) is 5.82 Å². The SMILES string of the molecule is CCNc1cccc(C(=O)NCCc2nc(C)cs2)n1. The fraction of sp³-hybridized carbons (Fsp3) is 0.357. The minimum absolute atomic E-state index is 0.155. The molecule has 0 unspecified atom stereocenters. The number of nitrogens with one attached hydrogen (secondary N) is 2. The lowest BCUT2D eigenvalue weighted by Gasteiger charge is -2.06. The molecule has 0 bridgehead atoms. The van der Waals surface area contributed by atoms with E-state index in [4.69, 9.17) is 0 Å². The van der Waals surface area contributed by atoms with Crippen LogP contribution in [0.3, 0.4) is 0 Å². The lowest BCUT2D eigenvalue weighted by Crippen LogP contribution is -2.26. The molecule has 2 aromatic heterocycles. The Morgan fingerprint density at radius 3 is 2.90 bits per heavy atom. The predicted octanol–water partition coefficient (Wildman–Crippen LogP) is 2.25. The molecule has 0 atom stereocenters. The van der Waals surface area contributed by atoms with Crippen LogP contribution in [0.25, 0.3) is 0 Å². The van der Waals surface area contributed by atoms with Gasteiger partial charge in [0.2, 0.25) is 0 Å². The summed E-state index contributed by atoms with van der Waals surface area (Å²) >= 11 is 1.62. The Labute approximate surface area is 122 Å². The summed E-state index contributed by atoms with van der Waals surface area (Å²) in [6, 6.07) is 5.38. The van der Waals surface area contributed by atoms with E-state index in [-0.39, 0.29) is 5.91 Å². The minimum Gasteiger partial charge on any atom is -0.370 e. The molecule has 0 fully saturated rings. The molecule has 0 saturated heterocycles. The molecule has 0 saturated carbocycles. The van der Waals surface area contributed by atoms with Crippen LogP contribution in [0.15, 0.2) is 23.6 Å². The number of pyridine rings is 1. The van der Waals surface area contributed by atoms with Crippen LogP contribution in [0.2, 0.25) is 0 Å². The zero-order chi connectivity index (χ0) is 14.4. The van der Waals surface area contributed by atoms with Crippen LogP contribution in [0, 0.1) is 6.92 Å². The van der Waals surface area contributed by atoms with Crippen molar-refractivity contribution in [1.82, 2.24) is 15.3 Å². The highest BCUT2D eigenvalue weighted by Crippen LogP contribution is 2.09. The van der Waals surface area contributed by atoms with E-state index in [1.165, 1.54) is 0 Å². The molecule has 6 heteroatoms. The molecule has 20 heavy (non-hydrogen) atoms. The highest BCUT2D eigenvalue weighted by Gasteiger charge is 2.07. The molecule has 2 rings (SSSR count). The summed E-state index contributed by atoms with van der Waals surface area (Å²) < 4.78 is 0. The smallest absolute Gasteiger partial charge is 0.269 e. The van der Waals surface area contributed by atoms with Gasteiger partial charge in [0.15, 0.2) is 0 Å². The molecule has 0 radical (unpaired) electrons. The Balaban J connectivity index is 1.86. The van der Waals surface area contributed by atoms with Gasteiger partial charge >= 0.3 is 0 Å². The van der Waals surface area contributed by atoms with Gasteiger partial charge in [0, 0.05) is 30.6 Å². The molecular weight excluding hydrogens is 272 g/mol. The number of anilines is 1. The van der Waals surface area contributed by atoms with Crippen LogP contribution in [0.5, 0.6) is 0 Å². The zero-order valence-electron chi connectivity index (χ0n) is 11.6. The van der Waals surface area contributed by atoms with Crippen molar-refractivity contribution in [2.45, 2.75) is 20.3 Å². The second kappa shape index (κ2) is 7.00. The number of rotatable bonds is 6. The normalized spacial score (nSPS) is 10.3. The van der Waals surface area contributed by atoms with Crippen molar-refractivity contribution in [3.63, 3.8) is 0 Å². The van der Waals surface area contributed by atoms with Crippen molar-refractivity contribution >= 4 is 23.1 Å². The van der Waals surface area contributed by atoms with E-state index in [1.807, 2.05) is 31.4 Å². The lowest BCUT2D eigenvalue weighted by molar-refractivity contribution is 0.0949. The maximum absolute atomic E-state index is 12.0. The molecule has 106 valence electrons. The zero-order valence-corrected chi connectivity index (χ0v) is 12.5. The van der Waals surface area contributed by atoms with Crippen molar-refractivity contribution in [3.05, 3.63) is 40.0 Å². The number of amides is 1. The summed E-state index contributed by atoms with van der Waals surface area (Å²) in [4.78, 5) is 20.6. The molecule has 0 aliphatic rings. The van der Waals surface area contributed by atoms with E-state index >= 15 is 0 Å². The van der Waals surface area contributed by atoms with E-state index < -0.39 is 0 Å². The average Bonchev–Trinajstić information content (AvgIpc) is 2.85. The first-order valence-corrected chi connectivity index (χ1v) is 7.47. The number of hydrogen-bond donors (Lipinski definition) is 2. The lowest BCUT2D eigenvalue weighted by atomic mass is 10.3. The summed E-state index contributed by atoms with van der Waals surface area (Å²) in [5.41, 5.74) is 1.45. The highest BCUT2D eigenvalue weighted by atomic mass is 32.1. The van der Waals surface area contributed by atoms with E-state index in [0.717, 1.165) is 29.5 Å². The Morgan fingerprint density at radius 2 is 2.20 bits per heavy atom. The van der Waals surface area contributed by atoms with Crippen LogP contribution in [-0.2, 0) is 6.42 Å². The van der Waals surface area contributed by atoms with Gasteiger partial charge in [-0.15, -0.1) is 11.3 Å². The number of aryl methyl sites for hydroxylation is 1. The molecule has 0 spiro atoms. The van der Waals surface area contributed by atoms with Crippen molar-refractivity contribution < 1.29 is 4.79 Å². The number of hydrogen-bond acceptors (Lipinski definition) is 5. The van der Waals surface area contributed by atoms with Gasteiger partial charge in [-0.25, -0.2) is 9.97 Å². The summed E-state index contributed by atoms with van der Waals surface area (Å²) in [7, 11) is 0. The monoisotopic (exact) mass is 290 g/mol. The first kappa shape index (κ1) is 14.5. The number of carbonyl (C=O) groups excluding carboxylic acids is 1. The third-order valence-electron chi connectivity index (χ3n) is 2.63. The molecule has 0 aliphatic carbocycles. The predicted molar refractivity (Wildman–Crippen MR) is 81.3 cm³/mol. The maximum atomic E-state index is 12.0. The molecule has 2 N–H and O–H groups in total. The van der Waals surface area contributed by atoms with Crippen LogP contribution >= 0.6 is 11.3 Å². The van der Waals surface area contributed by atoms with Gasteiger partial charge in [0.05, 0.1) is 5.01 Å². The average molecular weight is 290 g/mol. The van der Waals surface area contributed by atoms with E-state index in [0.29, 0.717) is 12.2 Å². The van der Waals surface area contributed by atoms with Gasteiger partial charge < -0.3 is 10.6 Å². The molecule has 0 aliphatic heterocycles. The van der Waals surface area contributed by atoms with Gasteiger partial charge in [-0.2, -0.15) is 0 Å². The Kier molecular flexibility index (Phi) is 5.06. The molecule has 5 nitrogen and oxygen atoms in total. The molecule has 1 amide bonds. The van der Waals surface area contributed by atoms with Crippen molar-refractivity contribution in [2.75, 3.05) is 18.4 Å².